The molecule has 1 amide bonds. The fourth-order valence-corrected chi connectivity index (χ4v) is 2.18. The second-order valence-electron chi connectivity index (χ2n) is 4.99. The summed E-state index contributed by atoms with van der Waals surface area (Å²) in [6.07, 6.45) is 1.38. The number of aliphatic hydroxyl groups is 2. The molecule has 1 fully saturated rings. The largest absolute Gasteiger partial charge is 0.395 e. The SMILES string of the molecule is N#C/C(=C/N(CCO)CCO)C(=O)NCCN1CCNCC1. The number of carbonyl (C=O) groups excluding carboxylic acids is 1. The van der Waals surface area contributed by atoms with E-state index in [-0.39, 0.29) is 31.9 Å². The summed E-state index contributed by atoms with van der Waals surface area (Å²) in [6, 6.07) is 1.86. The Morgan fingerprint density at radius 2 is 1.95 bits per heavy atom. The molecule has 1 heterocycles. The molecule has 124 valence electrons. The van der Waals surface area contributed by atoms with E-state index in [0.29, 0.717) is 6.54 Å². The second kappa shape index (κ2) is 11.0. The number of amides is 1. The van der Waals surface area contributed by atoms with E-state index < -0.39 is 5.91 Å². The predicted molar refractivity (Wildman–Crippen MR) is 81.8 cm³/mol. The molecule has 0 spiro atoms. The summed E-state index contributed by atoms with van der Waals surface area (Å²) in [5, 5.41) is 32.9. The number of carbonyl (C=O) groups is 1. The summed E-state index contributed by atoms with van der Waals surface area (Å²) in [4.78, 5) is 15.8. The standard InChI is InChI=1S/C14H25N5O3/c15-11-13(12-19(7-9-20)8-10-21)14(22)17-3-6-18-4-1-16-2-5-18/h12,16,20-21H,1-10H2,(H,17,22)/b13-12-. The topological polar surface area (TPSA) is 112 Å². The summed E-state index contributed by atoms with van der Waals surface area (Å²) in [7, 11) is 0. The van der Waals surface area contributed by atoms with E-state index in [1.165, 1.54) is 6.20 Å². The summed E-state index contributed by atoms with van der Waals surface area (Å²) in [5.74, 6) is -0.432. The molecule has 4 N–H and O–H groups in total. The molecule has 0 saturated carbocycles. The number of nitriles is 1. The highest BCUT2D eigenvalue weighted by atomic mass is 16.3. The fraction of sp³-hybridized carbons (Fsp3) is 0.714. The molecule has 22 heavy (non-hydrogen) atoms. The molecule has 0 aromatic heterocycles. The van der Waals surface area contributed by atoms with E-state index in [1.807, 2.05) is 6.07 Å². The van der Waals surface area contributed by atoms with Crippen LogP contribution in [0.2, 0.25) is 0 Å². The van der Waals surface area contributed by atoms with Crippen LogP contribution >= 0.6 is 0 Å². The van der Waals surface area contributed by atoms with Crippen LogP contribution in [0, 0.1) is 11.3 Å². The molecule has 0 bridgehead atoms. The maximum Gasteiger partial charge on any atom is 0.263 e. The van der Waals surface area contributed by atoms with Gasteiger partial charge in [-0.05, 0) is 0 Å². The molecule has 0 atom stereocenters. The Labute approximate surface area is 131 Å². The number of rotatable bonds is 9. The molecular formula is C14H25N5O3. The summed E-state index contributed by atoms with van der Waals surface area (Å²) < 4.78 is 0. The molecule has 1 aliphatic heterocycles. The lowest BCUT2D eigenvalue weighted by Gasteiger charge is -2.27. The van der Waals surface area contributed by atoms with Crippen molar-refractivity contribution in [1.82, 2.24) is 20.4 Å². The first kappa shape index (κ1) is 18.4. The summed E-state index contributed by atoms with van der Waals surface area (Å²) in [5.41, 5.74) is -0.0257. The van der Waals surface area contributed by atoms with Gasteiger partial charge < -0.3 is 25.7 Å². The molecule has 0 radical (unpaired) electrons. The molecule has 0 unspecified atom stereocenters. The van der Waals surface area contributed by atoms with E-state index in [0.717, 1.165) is 32.7 Å². The van der Waals surface area contributed by atoms with E-state index in [4.69, 9.17) is 15.5 Å². The van der Waals surface area contributed by atoms with Crippen LogP contribution < -0.4 is 10.6 Å². The first-order chi connectivity index (χ1) is 10.7. The van der Waals surface area contributed by atoms with Crippen LogP contribution in [-0.4, -0.2) is 91.5 Å². The van der Waals surface area contributed by atoms with Gasteiger partial charge in [0.05, 0.1) is 13.2 Å². The zero-order valence-corrected chi connectivity index (χ0v) is 12.8. The Morgan fingerprint density at radius 3 is 2.50 bits per heavy atom. The van der Waals surface area contributed by atoms with Crippen LogP contribution in [0.25, 0.3) is 0 Å². The van der Waals surface area contributed by atoms with Gasteiger partial charge in [0.1, 0.15) is 11.6 Å². The Hall–Kier alpha value is -1.66. The van der Waals surface area contributed by atoms with Gasteiger partial charge in [-0.3, -0.25) is 9.69 Å². The minimum atomic E-state index is -0.432. The minimum absolute atomic E-state index is 0.0257. The van der Waals surface area contributed by atoms with Gasteiger partial charge in [-0.1, -0.05) is 0 Å². The van der Waals surface area contributed by atoms with Crippen molar-refractivity contribution in [2.24, 2.45) is 0 Å². The van der Waals surface area contributed by atoms with Crippen molar-refractivity contribution in [3.8, 4) is 6.07 Å². The number of nitrogens with zero attached hydrogens (tertiary/aromatic N) is 3. The monoisotopic (exact) mass is 311 g/mol. The van der Waals surface area contributed by atoms with Crippen molar-refractivity contribution in [3.63, 3.8) is 0 Å². The Balaban J connectivity index is 2.43. The maximum atomic E-state index is 12.0. The van der Waals surface area contributed by atoms with E-state index in [9.17, 15) is 4.79 Å². The Morgan fingerprint density at radius 1 is 1.32 bits per heavy atom. The zero-order chi connectivity index (χ0) is 16.2. The highest BCUT2D eigenvalue weighted by Gasteiger charge is 2.13. The van der Waals surface area contributed by atoms with E-state index >= 15 is 0 Å². The lowest BCUT2D eigenvalue weighted by Crippen LogP contribution is -2.46. The lowest BCUT2D eigenvalue weighted by atomic mass is 10.2. The van der Waals surface area contributed by atoms with Gasteiger partial charge in [-0.2, -0.15) is 5.26 Å². The Kier molecular flexibility index (Phi) is 9.18. The predicted octanol–water partition coefficient (Wildman–Crippen LogP) is -2.30. The average Bonchev–Trinajstić information content (AvgIpc) is 2.53. The van der Waals surface area contributed by atoms with E-state index in [1.54, 1.807) is 4.90 Å². The third kappa shape index (κ3) is 6.87. The summed E-state index contributed by atoms with van der Waals surface area (Å²) in [6.45, 7) is 5.36. The zero-order valence-electron chi connectivity index (χ0n) is 12.8. The van der Waals surface area contributed by atoms with Crippen molar-refractivity contribution in [1.29, 1.82) is 5.26 Å². The van der Waals surface area contributed by atoms with E-state index in [2.05, 4.69) is 15.5 Å². The van der Waals surface area contributed by atoms with Crippen LogP contribution in [0.1, 0.15) is 0 Å². The Bertz CT molecular complexity index is 396. The number of hydrogen-bond donors (Lipinski definition) is 4. The molecule has 0 aliphatic carbocycles. The van der Waals surface area contributed by atoms with Crippen molar-refractivity contribution in [2.45, 2.75) is 0 Å². The average molecular weight is 311 g/mol. The van der Waals surface area contributed by atoms with Crippen LogP contribution in [0.3, 0.4) is 0 Å². The van der Waals surface area contributed by atoms with Gasteiger partial charge >= 0.3 is 0 Å². The van der Waals surface area contributed by atoms with Crippen molar-refractivity contribution < 1.29 is 15.0 Å². The minimum Gasteiger partial charge on any atom is -0.395 e. The van der Waals surface area contributed by atoms with Gasteiger partial charge in [-0.15, -0.1) is 0 Å². The molecular weight excluding hydrogens is 286 g/mol. The van der Waals surface area contributed by atoms with Crippen LogP contribution in [0.5, 0.6) is 0 Å². The van der Waals surface area contributed by atoms with Gasteiger partial charge in [0, 0.05) is 58.6 Å². The smallest absolute Gasteiger partial charge is 0.263 e. The van der Waals surface area contributed by atoms with Crippen LogP contribution in [0.15, 0.2) is 11.8 Å². The van der Waals surface area contributed by atoms with Crippen molar-refractivity contribution in [2.75, 3.05) is 65.6 Å². The third-order valence-electron chi connectivity index (χ3n) is 3.37. The van der Waals surface area contributed by atoms with Gasteiger partial charge in [0.25, 0.3) is 5.91 Å². The quantitative estimate of drug-likeness (QED) is 0.280. The third-order valence-corrected chi connectivity index (χ3v) is 3.37. The first-order valence-electron chi connectivity index (χ1n) is 7.50. The van der Waals surface area contributed by atoms with Gasteiger partial charge in [0.15, 0.2) is 0 Å². The number of nitrogens with one attached hydrogen (secondary N) is 2. The van der Waals surface area contributed by atoms with Gasteiger partial charge in [-0.25, -0.2) is 0 Å². The number of piperazine rings is 1. The van der Waals surface area contributed by atoms with Crippen molar-refractivity contribution >= 4 is 5.91 Å². The van der Waals surface area contributed by atoms with Crippen LogP contribution in [-0.2, 0) is 4.79 Å². The lowest BCUT2D eigenvalue weighted by molar-refractivity contribution is -0.117. The highest BCUT2D eigenvalue weighted by Crippen LogP contribution is 1.98. The fourth-order valence-electron chi connectivity index (χ4n) is 2.18. The summed E-state index contributed by atoms with van der Waals surface area (Å²) >= 11 is 0. The normalized spacial score (nSPS) is 16.1. The maximum absolute atomic E-state index is 12.0. The highest BCUT2D eigenvalue weighted by molar-refractivity contribution is 5.97. The molecule has 0 aromatic rings. The number of aliphatic hydroxyl groups excluding tert-OH is 2. The first-order valence-corrected chi connectivity index (χ1v) is 7.50. The molecule has 8 heteroatoms. The van der Waals surface area contributed by atoms with Gasteiger partial charge in [0.2, 0.25) is 0 Å². The second-order valence-corrected chi connectivity index (χ2v) is 4.99. The van der Waals surface area contributed by atoms with Crippen molar-refractivity contribution in [3.05, 3.63) is 11.8 Å². The molecule has 8 nitrogen and oxygen atoms in total. The molecule has 0 aromatic carbocycles. The van der Waals surface area contributed by atoms with Crippen LogP contribution in [0.4, 0.5) is 0 Å². The number of hydrogen-bond acceptors (Lipinski definition) is 7. The molecule has 1 saturated heterocycles. The molecule has 1 rings (SSSR count). The molecule has 1 aliphatic rings.